The highest BCUT2D eigenvalue weighted by Gasteiger charge is 2.25. The summed E-state index contributed by atoms with van der Waals surface area (Å²) in [5, 5.41) is 1.28. The zero-order valence-electron chi connectivity index (χ0n) is 14.6. The molecule has 136 valence electrons. The van der Waals surface area contributed by atoms with E-state index in [1.807, 2.05) is 26.0 Å². The van der Waals surface area contributed by atoms with Gasteiger partial charge in [-0.05, 0) is 37.6 Å². The fourth-order valence-electron chi connectivity index (χ4n) is 2.77. The van der Waals surface area contributed by atoms with Crippen LogP contribution in [0.3, 0.4) is 0 Å². The number of carbonyl (C=O) groups excluding carboxylic acids is 1. The Labute approximate surface area is 163 Å². The summed E-state index contributed by atoms with van der Waals surface area (Å²) in [6.07, 6.45) is 3.39. The maximum Gasteiger partial charge on any atom is 0.272 e. The molecule has 4 aromatic rings. The lowest BCUT2D eigenvalue weighted by Gasteiger charge is -2.19. The monoisotopic (exact) mass is 398 g/mol. The van der Waals surface area contributed by atoms with Gasteiger partial charge in [0.2, 0.25) is 0 Å². The van der Waals surface area contributed by atoms with Crippen molar-refractivity contribution < 1.29 is 9.18 Å². The SMILES string of the molecule is Cc1nc(C)c(C(=O)N(Cc2cccnc2)c2nc3c(F)cccc3s2)s1. The van der Waals surface area contributed by atoms with Crippen LogP contribution in [-0.4, -0.2) is 20.9 Å². The highest BCUT2D eigenvalue weighted by atomic mass is 32.1. The van der Waals surface area contributed by atoms with Gasteiger partial charge in [-0.3, -0.25) is 14.7 Å². The average molecular weight is 398 g/mol. The molecule has 3 aromatic heterocycles. The van der Waals surface area contributed by atoms with Crippen molar-refractivity contribution in [3.05, 3.63) is 69.7 Å². The molecule has 1 amide bonds. The first-order valence-corrected chi connectivity index (χ1v) is 9.86. The van der Waals surface area contributed by atoms with Crippen molar-refractivity contribution in [2.24, 2.45) is 0 Å². The van der Waals surface area contributed by atoms with Gasteiger partial charge in [0.25, 0.3) is 5.91 Å². The van der Waals surface area contributed by atoms with Gasteiger partial charge in [0.15, 0.2) is 5.13 Å². The van der Waals surface area contributed by atoms with Crippen LogP contribution < -0.4 is 4.90 Å². The fraction of sp³-hybridized carbons (Fsp3) is 0.158. The highest BCUT2D eigenvalue weighted by molar-refractivity contribution is 7.22. The summed E-state index contributed by atoms with van der Waals surface area (Å²) in [5.41, 5.74) is 1.83. The second-order valence-corrected chi connectivity index (χ2v) is 8.20. The third-order valence-corrected chi connectivity index (χ3v) is 6.10. The van der Waals surface area contributed by atoms with Gasteiger partial charge in [-0.25, -0.2) is 14.4 Å². The standard InChI is InChI=1S/C19H15FN4OS2/c1-11-17(26-12(2)22-11)18(25)24(10-13-5-4-8-21-9-13)19-23-16-14(20)6-3-7-15(16)27-19/h3-9H,10H2,1-2H3. The Balaban J connectivity index is 1.80. The molecule has 1 aromatic carbocycles. The van der Waals surface area contributed by atoms with Crippen molar-refractivity contribution >= 4 is 43.9 Å². The number of rotatable bonds is 4. The fourth-order valence-corrected chi connectivity index (χ4v) is 4.62. The first kappa shape index (κ1) is 17.7. The van der Waals surface area contributed by atoms with Crippen molar-refractivity contribution in [2.45, 2.75) is 20.4 Å². The second-order valence-electron chi connectivity index (χ2n) is 5.98. The highest BCUT2D eigenvalue weighted by Crippen LogP contribution is 2.33. The minimum Gasteiger partial charge on any atom is -0.279 e. The first-order chi connectivity index (χ1) is 13.0. The molecule has 5 nitrogen and oxygen atoms in total. The number of fused-ring (bicyclic) bond motifs is 1. The van der Waals surface area contributed by atoms with Gasteiger partial charge in [0.05, 0.1) is 21.9 Å². The van der Waals surface area contributed by atoms with Gasteiger partial charge in [-0.1, -0.05) is 23.5 Å². The van der Waals surface area contributed by atoms with Gasteiger partial charge in [0, 0.05) is 12.4 Å². The van der Waals surface area contributed by atoms with E-state index in [1.165, 1.54) is 28.7 Å². The van der Waals surface area contributed by atoms with E-state index in [-0.39, 0.29) is 11.4 Å². The number of amides is 1. The van der Waals surface area contributed by atoms with Crippen molar-refractivity contribution in [2.75, 3.05) is 4.90 Å². The van der Waals surface area contributed by atoms with Crippen molar-refractivity contribution in [1.29, 1.82) is 0 Å². The summed E-state index contributed by atoms with van der Waals surface area (Å²) in [6.45, 7) is 3.98. The van der Waals surface area contributed by atoms with Crippen LogP contribution in [0.5, 0.6) is 0 Å². The van der Waals surface area contributed by atoms with E-state index in [4.69, 9.17) is 0 Å². The van der Waals surface area contributed by atoms with Crippen molar-refractivity contribution in [3.63, 3.8) is 0 Å². The maximum atomic E-state index is 14.1. The number of halogens is 1. The average Bonchev–Trinajstić information content (AvgIpc) is 3.23. The summed E-state index contributed by atoms with van der Waals surface area (Å²) in [4.78, 5) is 28.3. The van der Waals surface area contributed by atoms with Crippen LogP contribution in [0.15, 0.2) is 42.7 Å². The zero-order chi connectivity index (χ0) is 19.0. The Morgan fingerprint density at radius 1 is 1.15 bits per heavy atom. The van der Waals surface area contributed by atoms with Crippen molar-refractivity contribution in [1.82, 2.24) is 15.0 Å². The Morgan fingerprint density at radius 2 is 2.00 bits per heavy atom. The smallest absolute Gasteiger partial charge is 0.272 e. The summed E-state index contributed by atoms with van der Waals surface area (Å²) in [7, 11) is 0. The third kappa shape index (κ3) is 3.45. The lowest BCUT2D eigenvalue weighted by Crippen LogP contribution is -2.30. The third-order valence-electron chi connectivity index (χ3n) is 4.00. The largest absolute Gasteiger partial charge is 0.279 e. The van der Waals surface area contributed by atoms with Gasteiger partial charge in [0.1, 0.15) is 16.2 Å². The molecule has 0 aliphatic carbocycles. The molecule has 3 heterocycles. The molecular formula is C19H15FN4OS2. The Kier molecular flexibility index (Phi) is 4.67. The molecule has 0 aliphatic heterocycles. The molecule has 27 heavy (non-hydrogen) atoms. The number of para-hydroxylation sites is 1. The molecule has 0 saturated carbocycles. The predicted molar refractivity (Wildman–Crippen MR) is 106 cm³/mol. The summed E-state index contributed by atoms with van der Waals surface area (Å²) >= 11 is 2.64. The number of benzene rings is 1. The van der Waals surface area contributed by atoms with Crippen LogP contribution >= 0.6 is 22.7 Å². The molecule has 8 heteroatoms. The van der Waals surface area contributed by atoms with Crippen molar-refractivity contribution in [3.8, 4) is 0 Å². The van der Waals surface area contributed by atoms with Crippen LogP contribution in [0.25, 0.3) is 10.2 Å². The summed E-state index contributed by atoms with van der Waals surface area (Å²) in [6, 6.07) is 8.53. The van der Waals surface area contributed by atoms with Gasteiger partial charge in [-0.15, -0.1) is 11.3 Å². The van der Waals surface area contributed by atoms with Gasteiger partial charge in [-0.2, -0.15) is 0 Å². The predicted octanol–water partition coefficient (Wildman–Crippen LogP) is 4.75. The van der Waals surface area contributed by atoms with Crippen LogP contribution in [0.1, 0.15) is 25.9 Å². The number of carbonyl (C=O) groups is 1. The quantitative estimate of drug-likeness (QED) is 0.498. The first-order valence-electron chi connectivity index (χ1n) is 8.23. The number of thiazole rings is 2. The Morgan fingerprint density at radius 3 is 2.67 bits per heavy atom. The number of hydrogen-bond acceptors (Lipinski definition) is 6. The number of hydrogen-bond donors (Lipinski definition) is 0. The van der Waals surface area contributed by atoms with E-state index in [0.717, 1.165) is 10.6 Å². The summed E-state index contributed by atoms with van der Waals surface area (Å²) < 4.78 is 14.8. The van der Waals surface area contributed by atoms with Crippen LogP contribution in [0.4, 0.5) is 9.52 Å². The number of anilines is 1. The van der Waals surface area contributed by atoms with E-state index in [2.05, 4.69) is 15.0 Å². The van der Waals surface area contributed by atoms with E-state index in [0.29, 0.717) is 26.9 Å². The number of aryl methyl sites for hydroxylation is 2. The van der Waals surface area contributed by atoms with Crippen LogP contribution in [0, 0.1) is 19.7 Å². The van der Waals surface area contributed by atoms with Crippen LogP contribution in [0.2, 0.25) is 0 Å². The van der Waals surface area contributed by atoms with Gasteiger partial charge >= 0.3 is 0 Å². The Hall–Kier alpha value is -2.71. The molecule has 0 spiro atoms. The summed E-state index contributed by atoms with van der Waals surface area (Å²) in [5.74, 6) is -0.588. The molecule has 0 radical (unpaired) electrons. The normalized spacial score (nSPS) is 11.1. The van der Waals surface area contributed by atoms with E-state index in [1.54, 1.807) is 29.4 Å². The van der Waals surface area contributed by atoms with Crippen LogP contribution in [-0.2, 0) is 6.54 Å². The number of aromatic nitrogens is 3. The van der Waals surface area contributed by atoms with E-state index in [9.17, 15) is 9.18 Å². The Bertz CT molecular complexity index is 1120. The molecule has 0 unspecified atom stereocenters. The zero-order valence-corrected chi connectivity index (χ0v) is 16.3. The molecule has 0 N–H and O–H groups in total. The lowest BCUT2D eigenvalue weighted by molar-refractivity contribution is 0.0988. The van der Waals surface area contributed by atoms with Gasteiger partial charge < -0.3 is 0 Å². The number of nitrogens with zero attached hydrogens (tertiary/aromatic N) is 4. The van der Waals surface area contributed by atoms with E-state index >= 15 is 0 Å². The molecule has 0 bridgehead atoms. The second kappa shape index (κ2) is 7.13. The molecule has 4 rings (SSSR count). The number of pyridine rings is 1. The molecular weight excluding hydrogens is 383 g/mol. The topological polar surface area (TPSA) is 59.0 Å². The maximum absolute atomic E-state index is 14.1. The lowest BCUT2D eigenvalue weighted by atomic mass is 10.2. The minimum atomic E-state index is -0.395. The molecule has 0 atom stereocenters. The minimum absolute atomic E-state index is 0.193. The molecule has 0 fully saturated rings. The molecule has 0 saturated heterocycles. The molecule has 0 aliphatic rings. The van der Waals surface area contributed by atoms with E-state index < -0.39 is 5.82 Å².